The molecule has 0 radical (unpaired) electrons. The standard InChI is InChI=1S/C26H31Cl2N5O2/c1-26(2,3)35-25(34)24-20-9-6-17(27)13-22(20)30-14-23-32(24)15-31-33(23)19-7-4-16(5-8-19)21-12-18(28)10-11-29-21/h10-16,19,24,30H,4-9H2,1-3H3/t16-,19-,24?. The summed E-state index contributed by atoms with van der Waals surface area (Å²) in [6, 6.07) is 3.42. The third-order valence-corrected chi connectivity index (χ3v) is 7.41. The lowest BCUT2D eigenvalue weighted by Gasteiger charge is -2.36. The molecule has 35 heavy (non-hydrogen) atoms. The van der Waals surface area contributed by atoms with E-state index in [9.17, 15) is 4.79 Å². The van der Waals surface area contributed by atoms with Crippen molar-refractivity contribution < 1.29 is 9.53 Å². The number of carbonyl (C=O) groups is 1. The SMILES string of the molecule is CC(C)(C)OC(=O)C1C2=C(C=C(Cl)CC2)NC=C2N1C=NN2[C@H]1CC[C@H](c2cc(Cl)ccn2)CC1. The summed E-state index contributed by atoms with van der Waals surface area (Å²) in [6.07, 6.45) is 12.7. The molecule has 3 heterocycles. The maximum atomic E-state index is 13.5. The van der Waals surface area contributed by atoms with Gasteiger partial charge in [0.05, 0.1) is 6.04 Å². The van der Waals surface area contributed by atoms with Gasteiger partial charge in [0, 0.05) is 39.8 Å². The predicted molar refractivity (Wildman–Crippen MR) is 137 cm³/mol. The third-order valence-electron chi connectivity index (χ3n) is 6.88. The number of ether oxygens (including phenoxy) is 1. The van der Waals surface area contributed by atoms with Gasteiger partial charge < -0.3 is 10.1 Å². The molecule has 5 rings (SSSR count). The Balaban J connectivity index is 1.37. The average molecular weight is 516 g/mol. The average Bonchev–Trinajstić information content (AvgIpc) is 3.14. The molecule has 186 valence electrons. The quantitative estimate of drug-likeness (QED) is 0.527. The zero-order valence-corrected chi connectivity index (χ0v) is 21.8. The molecule has 1 saturated carbocycles. The van der Waals surface area contributed by atoms with Gasteiger partial charge in [-0.25, -0.2) is 9.80 Å². The normalized spacial score (nSPS) is 26.4. The molecule has 0 bridgehead atoms. The Hall–Kier alpha value is -2.51. The number of aromatic nitrogens is 1. The Labute approximate surface area is 216 Å². The molecule has 0 amide bonds. The second-order valence-electron chi connectivity index (χ2n) is 10.5. The van der Waals surface area contributed by atoms with Gasteiger partial charge in [-0.15, -0.1) is 0 Å². The van der Waals surface area contributed by atoms with E-state index >= 15 is 0 Å². The van der Waals surface area contributed by atoms with Gasteiger partial charge in [0.1, 0.15) is 17.8 Å². The largest absolute Gasteiger partial charge is 0.458 e. The van der Waals surface area contributed by atoms with Crippen molar-refractivity contribution in [1.82, 2.24) is 20.2 Å². The lowest BCUT2D eigenvalue weighted by Crippen LogP contribution is -2.45. The number of fused-ring (bicyclic) bond motifs is 1. The van der Waals surface area contributed by atoms with E-state index < -0.39 is 11.6 Å². The maximum Gasteiger partial charge on any atom is 0.334 e. The number of esters is 1. The second kappa shape index (κ2) is 9.51. The van der Waals surface area contributed by atoms with E-state index in [0.29, 0.717) is 18.8 Å². The van der Waals surface area contributed by atoms with Crippen LogP contribution in [0.3, 0.4) is 0 Å². The highest BCUT2D eigenvalue weighted by Gasteiger charge is 2.43. The number of allylic oxidation sites excluding steroid dienone is 2. The number of rotatable bonds is 3. The molecule has 1 atom stereocenters. The van der Waals surface area contributed by atoms with Gasteiger partial charge in [0.2, 0.25) is 0 Å². The van der Waals surface area contributed by atoms with E-state index in [1.807, 2.05) is 50.1 Å². The molecule has 1 aromatic rings. The van der Waals surface area contributed by atoms with E-state index in [4.69, 9.17) is 33.0 Å². The third kappa shape index (κ3) is 5.07. The van der Waals surface area contributed by atoms with E-state index in [0.717, 1.165) is 58.5 Å². The van der Waals surface area contributed by atoms with E-state index in [1.54, 1.807) is 12.5 Å². The fourth-order valence-corrected chi connectivity index (χ4v) is 5.65. The molecule has 1 N–H and O–H groups in total. The second-order valence-corrected chi connectivity index (χ2v) is 11.4. The number of pyridine rings is 1. The van der Waals surface area contributed by atoms with Crippen LogP contribution < -0.4 is 5.32 Å². The molecule has 2 aliphatic carbocycles. The van der Waals surface area contributed by atoms with Crippen molar-refractivity contribution in [3.8, 4) is 0 Å². The number of nitrogens with zero attached hydrogens (tertiary/aromatic N) is 4. The van der Waals surface area contributed by atoms with Crippen LogP contribution in [0.5, 0.6) is 0 Å². The van der Waals surface area contributed by atoms with Gasteiger partial charge >= 0.3 is 5.97 Å². The van der Waals surface area contributed by atoms with Crippen molar-refractivity contribution in [2.75, 3.05) is 0 Å². The fourth-order valence-electron chi connectivity index (χ4n) is 5.28. The fraction of sp³-hybridized carbons (Fsp3) is 0.500. The molecule has 1 fully saturated rings. The van der Waals surface area contributed by atoms with Crippen molar-refractivity contribution in [2.45, 2.75) is 82.9 Å². The number of hydrogen-bond acceptors (Lipinski definition) is 7. The molecule has 7 nitrogen and oxygen atoms in total. The summed E-state index contributed by atoms with van der Waals surface area (Å²) in [7, 11) is 0. The highest BCUT2D eigenvalue weighted by molar-refractivity contribution is 6.30. The molecular formula is C26H31Cl2N5O2. The minimum absolute atomic E-state index is 0.230. The number of carbonyl (C=O) groups excluding carboxylic acids is 1. The van der Waals surface area contributed by atoms with Crippen LogP contribution in [0.15, 0.2) is 57.8 Å². The zero-order chi connectivity index (χ0) is 24.7. The topological polar surface area (TPSA) is 70.1 Å². The van der Waals surface area contributed by atoms with Crippen LogP contribution in [0, 0.1) is 0 Å². The highest BCUT2D eigenvalue weighted by atomic mass is 35.5. The van der Waals surface area contributed by atoms with E-state index in [2.05, 4.69) is 15.3 Å². The zero-order valence-electron chi connectivity index (χ0n) is 20.3. The monoisotopic (exact) mass is 515 g/mol. The summed E-state index contributed by atoms with van der Waals surface area (Å²) in [4.78, 5) is 19.9. The summed E-state index contributed by atoms with van der Waals surface area (Å²) < 4.78 is 5.85. The van der Waals surface area contributed by atoms with E-state index in [-0.39, 0.29) is 12.0 Å². The van der Waals surface area contributed by atoms with Crippen molar-refractivity contribution in [3.05, 3.63) is 63.4 Å². The molecule has 1 unspecified atom stereocenters. The van der Waals surface area contributed by atoms with Crippen LogP contribution >= 0.6 is 23.2 Å². The molecule has 0 spiro atoms. The lowest BCUT2D eigenvalue weighted by atomic mass is 9.83. The molecule has 0 saturated heterocycles. The number of hydrogen-bond donors (Lipinski definition) is 1. The number of halogens is 2. The first-order valence-electron chi connectivity index (χ1n) is 12.2. The van der Waals surface area contributed by atoms with Gasteiger partial charge in [-0.2, -0.15) is 5.10 Å². The first-order valence-corrected chi connectivity index (χ1v) is 13.0. The summed E-state index contributed by atoms with van der Waals surface area (Å²) >= 11 is 12.5. The molecular weight excluding hydrogens is 485 g/mol. The first-order chi connectivity index (χ1) is 16.7. The van der Waals surface area contributed by atoms with Crippen LogP contribution in [-0.4, -0.2) is 44.9 Å². The molecule has 9 heteroatoms. The van der Waals surface area contributed by atoms with Crippen molar-refractivity contribution >= 4 is 35.5 Å². The Morgan fingerprint density at radius 1 is 1.17 bits per heavy atom. The molecule has 0 aromatic carbocycles. The Morgan fingerprint density at radius 2 is 1.94 bits per heavy atom. The van der Waals surface area contributed by atoms with Crippen LogP contribution in [0.1, 0.15) is 70.9 Å². The summed E-state index contributed by atoms with van der Waals surface area (Å²) in [6.45, 7) is 5.67. The van der Waals surface area contributed by atoms with Crippen LogP contribution in [-0.2, 0) is 9.53 Å². The van der Waals surface area contributed by atoms with Crippen LogP contribution in [0.2, 0.25) is 5.02 Å². The Kier molecular flexibility index (Phi) is 6.57. The lowest BCUT2D eigenvalue weighted by molar-refractivity contribution is -0.158. The molecule has 1 aromatic heterocycles. The van der Waals surface area contributed by atoms with E-state index in [1.165, 1.54) is 0 Å². The maximum absolute atomic E-state index is 13.5. The highest BCUT2D eigenvalue weighted by Crippen LogP contribution is 2.40. The number of nitrogens with one attached hydrogen (secondary N) is 1. The molecule has 2 aliphatic heterocycles. The Morgan fingerprint density at radius 3 is 2.66 bits per heavy atom. The predicted octanol–water partition coefficient (Wildman–Crippen LogP) is 5.61. The van der Waals surface area contributed by atoms with Crippen molar-refractivity contribution in [2.24, 2.45) is 5.10 Å². The van der Waals surface area contributed by atoms with Crippen molar-refractivity contribution in [1.29, 1.82) is 0 Å². The minimum atomic E-state index is -0.591. The minimum Gasteiger partial charge on any atom is -0.458 e. The summed E-state index contributed by atoms with van der Waals surface area (Å²) in [5.74, 6) is 0.962. The van der Waals surface area contributed by atoms with Gasteiger partial charge in [0.15, 0.2) is 6.04 Å². The first kappa shape index (κ1) is 24.2. The van der Waals surface area contributed by atoms with Gasteiger partial charge in [-0.05, 0) is 83.1 Å². The van der Waals surface area contributed by atoms with Gasteiger partial charge in [-0.1, -0.05) is 23.2 Å². The van der Waals surface area contributed by atoms with Crippen molar-refractivity contribution in [3.63, 3.8) is 0 Å². The molecule has 4 aliphatic rings. The summed E-state index contributed by atoms with van der Waals surface area (Å²) in [5, 5.41) is 11.7. The van der Waals surface area contributed by atoms with Crippen LogP contribution in [0.25, 0.3) is 0 Å². The number of hydrazone groups is 1. The Bertz CT molecular complexity index is 1130. The smallest absolute Gasteiger partial charge is 0.334 e. The van der Waals surface area contributed by atoms with Gasteiger partial charge in [-0.3, -0.25) is 9.88 Å². The van der Waals surface area contributed by atoms with Crippen LogP contribution in [0.4, 0.5) is 0 Å². The summed E-state index contributed by atoms with van der Waals surface area (Å²) in [5.41, 5.74) is 2.30. The van der Waals surface area contributed by atoms with Gasteiger partial charge in [0.25, 0.3) is 0 Å².